The van der Waals surface area contributed by atoms with Crippen molar-refractivity contribution in [3.05, 3.63) is 13.9 Å². The fourth-order valence-corrected chi connectivity index (χ4v) is 0. The number of hydrogen-bond acceptors (Lipinski definition) is 2. The van der Waals surface area contributed by atoms with Crippen LogP contribution in [0.15, 0.2) is 0 Å². The average Bonchev–Trinajstić information content (AvgIpc) is 1.37. The van der Waals surface area contributed by atoms with Gasteiger partial charge in [0.25, 0.3) is 0 Å². The zero-order valence-electron chi connectivity index (χ0n) is 2.06. The lowest BCUT2D eigenvalue weighted by Gasteiger charge is -1.59. The Hall–Kier alpha value is -0.210. The van der Waals surface area contributed by atoms with Gasteiger partial charge in [0.05, 0.1) is 0 Å². The summed E-state index contributed by atoms with van der Waals surface area (Å²) >= 11 is 0. The van der Waals surface area contributed by atoms with E-state index in [9.17, 15) is 0 Å². The minimum atomic E-state index is 1.32. The van der Waals surface area contributed by atoms with Gasteiger partial charge in [0.2, 0.25) is 7.11 Å². The second-order valence-electron chi connectivity index (χ2n) is 0.236. The van der Waals surface area contributed by atoms with Crippen LogP contribution >= 0.6 is 0 Å². The number of rotatable bonds is 1. The summed E-state index contributed by atoms with van der Waals surface area (Å²) in [4.78, 5) is 0. The molecule has 0 saturated heterocycles. The predicted octanol–water partition coefficient (Wildman–Crippen LogP) is 0.163. The third-order valence-corrected chi connectivity index (χ3v) is 0.0645. The Kier molecular flexibility index (Phi) is 2.64. The van der Waals surface area contributed by atoms with Gasteiger partial charge >= 0.3 is 6.79 Å². The molecule has 0 atom stereocenters. The van der Waals surface area contributed by atoms with Gasteiger partial charge in [-0.1, -0.05) is 0 Å². The fourth-order valence-electron chi connectivity index (χ4n) is 0. The molecule has 0 bridgehead atoms. The largest absolute Gasteiger partial charge is 0.353 e. The Bertz CT molecular complexity index is 6.00. The lowest BCUT2D eigenvalue weighted by Crippen LogP contribution is -1.65. The van der Waals surface area contributed by atoms with Gasteiger partial charge in [-0.15, -0.1) is 0 Å². The van der Waals surface area contributed by atoms with Crippen molar-refractivity contribution < 1.29 is 9.84 Å². The molecule has 0 spiro atoms. The molecular formula is C2H3O2+. The molecule has 0 heterocycles. The molecule has 0 aromatic carbocycles. The molecule has 0 saturated carbocycles. The maximum absolute atomic E-state index is 7.34. The van der Waals surface area contributed by atoms with Gasteiger partial charge in [-0.25, -0.2) is 0 Å². The smallest absolute Gasteiger partial charge is 0.345 e. The molecule has 1 N–H and O–H groups in total. The van der Waals surface area contributed by atoms with Crippen LogP contribution in [0.3, 0.4) is 0 Å². The summed E-state index contributed by atoms with van der Waals surface area (Å²) in [5, 5.41) is 7.34. The second-order valence-corrected chi connectivity index (χ2v) is 0.236. The number of hydrogen-bond donors (Lipinski definition) is 1. The van der Waals surface area contributed by atoms with E-state index in [1.165, 1.54) is 6.79 Å². The van der Waals surface area contributed by atoms with E-state index in [-0.39, 0.29) is 0 Å². The molecule has 0 amide bonds. The summed E-state index contributed by atoms with van der Waals surface area (Å²) < 4.78 is 3.60. The second kappa shape index (κ2) is 2.79. The molecule has 2 nitrogen and oxygen atoms in total. The van der Waals surface area contributed by atoms with Crippen LogP contribution in [-0.2, 0) is 4.74 Å². The molecule has 0 aromatic heterocycles. The number of aliphatic hydroxyl groups excluding tert-OH is 1. The van der Waals surface area contributed by atoms with Gasteiger partial charge in [0.15, 0.2) is 0 Å². The van der Waals surface area contributed by atoms with Gasteiger partial charge in [0, 0.05) is 0 Å². The van der Waals surface area contributed by atoms with E-state index in [0.29, 0.717) is 0 Å². The zero-order valence-corrected chi connectivity index (χ0v) is 2.06. The summed E-state index contributed by atoms with van der Waals surface area (Å²) in [5.74, 6) is 0. The van der Waals surface area contributed by atoms with Crippen LogP contribution in [0.5, 0.6) is 0 Å². The van der Waals surface area contributed by atoms with Crippen LogP contribution in [0.2, 0.25) is 0 Å². The highest BCUT2D eigenvalue weighted by Crippen LogP contribution is 1.60. The highest BCUT2D eigenvalue weighted by molar-refractivity contribution is 4.10. The van der Waals surface area contributed by atoms with Crippen LogP contribution in [0, 0.1) is 13.9 Å². The molecule has 0 unspecified atom stereocenters. The molecule has 0 aliphatic heterocycles. The Morgan fingerprint density at radius 3 is 2.25 bits per heavy atom. The van der Waals surface area contributed by atoms with Crippen molar-refractivity contribution in [2.75, 3.05) is 0 Å². The van der Waals surface area contributed by atoms with E-state index in [4.69, 9.17) is 5.11 Å². The van der Waals surface area contributed by atoms with Crippen molar-refractivity contribution in [3.8, 4) is 0 Å². The molecule has 0 aliphatic rings. The van der Waals surface area contributed by atoms with Gasteiger partial charge in [-0.2, -0.15) is 4.74 Å². The highest BCUT2D eigenvalue weighted by Gasteiger charge is 1.69. The summed E-state index contributed by atoms with van der Waals surface area (Å²) in [7, 11) is 2.74. The third-order valence-electron chi connectivity index (χ3n) is 0.0645. The molecule has 0 fully saturated rings. The summed E-state index contributed by atoms with van der Waals surface area (Å²) in [6.07, 6.45) is 0. The van der Waals surface area contributed by atoms with Gasteiger partial charge in [-0.3, -0.25) is 0 Å². The maximum atomic E-state index is 7.34. The Morgan fingerprint density at radius 1 is 2.00 bits per heavy atom. The quantitative estimate of drug-likeness (QED) is 0.436. The van der Waals surface area contributed by atoms with Crippen LogP contribution in [0.4, 0.5) is 0 Å². The standard InChI is InChI=1S/C2H3O2/c1-4-2-3/h3H,1H2/q+1. The zero-order chi connectivity index (χ0) is 3.41. The minimum Gasteiger partial charge on any atom is -0.353 e. The van der Waals surface area contributed by atoms with Crippen molar-refractivity contribution in [2.45, 2.75) is 0 Å². The monoisotopic (exact) mass is 59.0 g/mol. The maximum Gasteiger partial charge on any atom is 0.345 e. The summed E-state index contributed by atoms with van der Waals surface area (Å²) in [6, 6.07) is 0. The van der Waals surface area contributed by atoms with E-state index in [1.807, 2.05) is 0 Å². The van der Waals surface area contributed by atoms with E-state index in [0.717, 1.165) is 0 Å². The van der Waals surface area contributed by atoms with E-state index in [2.05, 4.69) is 11.8 Å². The minimum absolute atomic E-state index is 1.32. The molecule has 22 valence electrons. The van der Waals surface area contributed by atoms with Crippen molar-refractivity contribution in [2.24, 2.45) is 0 Å². The van der Waals surface area contributed by atoms with Gasteiger partial charge < -0.3 is 5.11 Å². The topological polar surface area (TPSA) is 29.5 Å². The first-order valence-corrected chi connectivity index (χ1v) is 0.716. The average molecular weight is 59.0 g/mol. The normalized spacial score (nSPS) is 7.25. The SMILES string of the molecule is [CH2+]O[C]O. The Labute approximate surface area is 25.0 Å². The van der Waals surface area contributed by atoms with Crippen molar-refractivity contribution in [1.82, 2.24) is 0 Å². The fraction of sp³-hybridized carbons (Fsp3) is 0. The Balaban J connectivity index is 1.97. The third kappa shape index (κ3) is 1.79. The first kappa shape index (κ1) is 3.79. The van der Waals surface area contributed by atoms with Crippen LogP contribution < -0.4 is 0 Å². The lowest BCUT2D eigenvalue weighted by atomic mass is 11.4. The highest BCUT2D eigenvalue weighted by atomic mass is 16.6. The molecule has 2 heteroatoms. The van der Waals surface area contributed by atoms with Gasteiger partial charge in [0.1, 0.15) is 0 Å². The first-order chi connectivity index (χ1) is 1.91. The molecular weight excluding hydrogens is 56.0 g/mol. The number of aliphatic hydroxyl groups is 1. The molecule has 2 radical (unpaired) electrons. The number of ether oxygens (including phenoxy) is 1. The molecule has 4 heavy (non-hydrogen) atoms. The molecule has 0 aliphatic carbocycles. The molecule has 0 rings (SSSR count). The molecule has 0 aromatic rings. The van der Waals surface area contributed by atoms with E-state index < -0.39 is 0 Å². The van der Waals surface area contributed by atoms with Crippen LogP contribution in [0.25, 0.3) is 0 Å². The lowest BCUT2D eigenvalue weighted by molar-refractivity contribution is 0.146. The van der Waals surface area contributed by atoms with Crippen molar-refractivity contribution in [1.29, 1.82) is 0 Å². The van der Waals surface area contributed by atoms with Crippen LogP contribution in [0.1, 0.15) is 0 Å². The van der Waals surface area contributed by atoms with E-state index >= 15 is 0 Å². The summed E-state index contributed by atoms with van der Waals surface area (Å²) in [5.41, 5.74) is 0. The Morgan fingerprint density at radius 2 is 2.25 bits per heavy atom. The van der Waals surface area contributed by atoms with Gasteiger partial charge in [-0.05, 0) is 0 Å². The summed E-state index contributed by atoms with van der Waals surface area (Å²) in [6.45, 7) is 1.32. The first-order valence-electron chi connectivity index (χ1n) is 0.716. The van der Waals surface area contributed by atoms with Crippen molar-refractivity contribution in [3.63, 3.8) is 0 Å². The van der Waals surface area contributed by atoms with E-state index in [1.54, 1.807) is 0 Å². The van der Waals surface area contributed by atoms with Crippen LogP contribution in [-0.4, -0.2) is 5.11 Å². The van der Waals surface area contributed by atoms with Crippen molar-refractivity contribution >= 4 is 0 Å². The predicted molar refractivity (Wildman–Crippen MR) is 11.6 cm³/mol.